The first-order valence-corrected chi connectivity index (χ1v) is 11.0. The van der Waals surface area contributed by atoms with Crippen LogP contribution in [-0.4, -0.2) is 20.7 Å². The predicted molar refractivity (Wildman–Crippen MR) is 119 cm³/mol. The van der Waals surface area contributed by atoms with Gasteiger partial charge in [0.1, 0.15) is 4.83 Å². The number of benzene rings is 1. The first-order chi connectivity index (χ1) is 13.2. The fraction of sp³-hybridized carbons (Fsp3) is 0.350. The molecule has 5 nitrogen and oxygen atoms in total. The SMILES string of the molecule is CCn1c(SC(C)C(=O)Nc2cc(Cl)ccc2C)nc2sc(C)c(C)c2c1=O. The molecule has 0 fully saturated rings. The van der Waals surface area contributed by atoms with Gasteiger partial charge in [0.15, 0.2) is 5.16 Å². The quantitative estimate of drug-likeness (QED) is 0.443. The van der Waals surface area contributed by atoms with Gasteiger partial charge in [0, 0.05) is 22.1 Å². The molecular formula is C20H22ClN3O2S2. The third kappa shape index (κ3) is 3.97. The van der Waals surface area contributed by atoms with Gasteiger partial charge in [-0.2, -0.15) is 0 Å². The van der Waals surface area contributed by atoms with Crippen molar-refractivity contribution in [3.8, 4) is 0 Å². The molecule has 0 spiro atoms. The zero-order chi connectivity index (χ0) is 20.6. The van der Waals surface area contributed by atoms with E-state index in [1.54, 1.807) is 23.6 Å². The summed E-state index contributed by atoms with van der Waals surface area (Å²) in [5, 5.41) is 4.30. The maximum Gasteiger partial charge on any atom is 0.263 e. The molecule has 1 unspecified atom stereocenters. The summed E-state index contributed by atoms with van der Waals surface area (Å²) in [7, 11) is 0. The number of rotatable bonds is 5. The minimum absolute atomic E-state index is 0.0462. The van der Waals surface area contributed by atoms with Gasteiger partial charge in [-0.15, -0.1) is 11.3 Å². The highest BCUT2D eigenvalue weighted by molar-refractivity contribution is 8.00. The first kappa shape index (κ1) is 20.9. The van der Waals surface area contributed by atoms with Gasteiger partial charge in [0.05, 0.1) is 10.6 Å². The summed E-state index contributed by atoms with van der Waals surface area (Å²) >= 11 is 8.84. The van der Waals surface area contributed by atoms with Gasteiger partial charge in [-0.25, -0.2) is 4.98 Å². The van der Waals surface area contributed by atoms with E-state index in [1.807, 2.05) is 33.8 Å². The number of aromatic nitrogens is 2. The smallest absolute Gasteiger partial charge is 0.263 e. The van der Waals surface area contributed by atoms with Crippen LogP contribution in [0.15, 0.2) is 28.2 Å². The number of carbonyl (C=O) groups excluding carboxylic acids is 1. The molecular weight excluding hydrogens is 414 g/mol. The molecule has 0 saturated heterocycles. The van der Waals surface area contributed by atoms with E-state index in [0.29, 0.717) is 27.8 Å². The minimum atomic E-state index is -0.428. The second kappa shape index (κ2) is 8.27. The van der Waals surface area contributed by atoms with Gasteiger partial charge in [-0.3, -0.25) is 14.2 Å². The highest BCUT2D eigenvalue weighted by Crippen LogP contribution is 2.30. The first-order valence-electron chi connectivity index (χ1n) is 8.97. The van der Waals surface area contributed by atoms with Crippen molar-refractivity contribution < 1.29 is 4.79 Å². The average Bonchev–Trinajstić information content (AvgIpc) is 2.92. The molecule has 0 aliphatic rings. The van der Waals surface area contributed by atoms with Crippen molar-refractivity contribution in [2.45, 2.75) is 51.6 Å². The van der Waals surface area contributed by atoms with E-state index >= 15 is 0 Å². The number of halogens is 1. The molecule has 1 amide bonds. The van der Waals surface area contributed by atoms with Crippen molar-refractivity contribution in [1.29, 1.82) is 0 Å². The molecule has 1 aromatic carbocycles. The summed E-state index contributed by atoms with van der Waals surface area (Å²) in [5.74, 6) is -0.161. The number of thiophene rings is 1. The molecule has 3 aromatic rings. The fourth-order valence-electron chi connectivity index (χ4n) is 2.85. The fourth-order valence-corrected chi connectivity index (χ4v) is 5.07. The Kier molecular flexibility index (Phi) is 6.17. The van der Waals surface area contributed by atoms with Crippen molar-refractivity contribution in [2.24, 2.45) is 0 Å². The Balaban J connectivity index is 1.90. The van der Waals surface area contributed by atoms with Crippen LogP contribution in [0.4, 0.5) is 5.69 Å². The molecule has 2 aromatic heterocycles. The number of carbonyl (C=O) groups is 1. The number of aryl methyl sites for hydroxylation is 3. The molecule has 0 aliphatic heterocycles. The van der Waals surface area contributed by atoms with E-state index in [0.717, 1.165) is 20.8 Å². The summed E-state index contributed by atoms with van der Waals surface area (Å²) in [4.78, 5) is 32.1. The Morgan fingerprint density at radius 3 is 2.75 bits per heavy atom. The van der Waals surface area contributed by atoms with E-state index in [4.69, 9.17) is 16.6 Å². The third-order valence-electron chi connectivity index (χ3n) is 4.68. The summed E-state index contributed by atoms with van der Waals surface area (Å²) in [5.41, 5.74) is 2.56. The normalized spacial score (nSPS) is 12.4. The van der Waals surface area contributed by atoms with Crippen molar-refractivity contribution in [2.75, 3.05) is 5.32 Å². The lowest BCUT2D eigenvalue weighted by atomic mass is 10.2. The van der Waals surface area contributed by atoms with Crippen LogP contribution in [0.2, 0.25) is 5.02 Å². The number of nitrogens with zero attached hydrogens (tertiary/aromatic N) is 2. The van der Waals surface area contributed by atoms with Crippen LogP contribution in [0, 0.1) is 20.8 Å². The van der Waals surface area contributed by atoms with Crippen molar-refractivity contribution in [3.05, 3.63) is 49.6 Å². The summed E-state index contributed by atoms with van der Waals surface area (Å²) in [6.45, 7) is 10.1. The summed E-state index contributed by atoms with van der Waals surface area (Å²) < 4.78 is 1.64. The van der Waals surface area contributed by atoms with Crippen LogP contribution in [0.25, 0.3) is 10.2 Å². The van der Waals surface area contributed by atoms with E-state index in [9.17, 15) is 9.59 Å². The number of anilines is 1. The third-order valence-corrected chi connectivity index (χ3v) is 7.11. The van der Waals surface area contributed by atoms with Gasteiger partial charge >= 0.3 is 0 Å². The van der Waals surface area contributed by atoms with Gasteiger partial charge in [-0.1, -0.05) is 29.4 Å². The molecule has 0 radical (unpaired) electrons. The number of amides is 1. The number of thioether (sulfide) groups is 1. The van der Waals surface area contributed by atoms with Crippen molar-refractivity contribution in [1.82, 2.24) is 9.55 Å². The van der Waals surface area contributed by atoms with Crippen LogP contribution in [0.1, 0.15) is 29.9 Å². The number of hydrogen-bond donors (Lipinski definition) is 1. The van der Waals surface area contributed by atoms with Crippen LogP contribution in [0.3, 0.4) is 0 Å². The second-order valence-electron chi connectivity index (χ2n) is 6.62. The van der Waals surface area contributed by atoms with E-state index in [2.05, 4.69) is 5.32 Å². The maximum absolute atomic E-state index is 12.9. The van der Waals surface area contributed by atoms with Gasteiger partial charge in [0.2, 0.25) is 5.91 Å². The lowest BCUT2D eigenvalue weighted by Crippen LogP contribution is -2.26. The van der Waals surface area contributed by atoms with Crippen LogP contribution < -0.4 is 10.9 Å². The molecule has 8 heteroatoms. The Morgan fingerprint density at radius 2 is 2.07 bits per heavy atom. The number of nitrogens with one attached hydrogen (secondary N) is 1. The van der Waals surface area contributed by atoms with Gasteiger partial charge in [-0.05, 0) is 57.9 Å². The van der Waals surface area contributed by atoms with Crippen LogP contribution >= 0.6 is 34.7 Å². The zero-order valence-corrected chi connectivity index (χ0v) is 18.8. The molecule has 0 aliphatic carbocycles. The highest BCUT2D eigenvalue weighted by Gasteiger charge is 2.21. The van der Waals surface area contributed by atoms with E-state index in [1.165, 1.54) is 23.1 Å². The number of hydrogen-bond acceptors (Lipinski definition) is 5. The molecule has 2 heterocycles. The van der Waals surface area contributed by atoms with Crippen molar-refractivity contribution >= 4 is 56.5 Å². The van der Waals surface area contributed by atoms with Crippen molar-refractivity contribution in [3.63, 3.8) is 0 Å². The Hall–Kier alpha value is -1.83. The molecule has 28 heavy (non-hydrogen) atoms. The lowest BCUT2D eigenvalue weighted by Gasteiger charge is -2.16. The summed E-state index contributed by atoms with van der Waals surface area (Å²) in [6, 6.07) is 5.38. The van der Waals surface area contributed by atoms with Gasteiger partial charge < -0.3 is 5.32 Å². The molecule has 3 rings (SSSR count). The molecule has 1 atom stereocenters. The molecule has 0 saturated carbocycles. The monoisotopic (exact) mass is 435 g/mol. The predicted octanol–water partition coefficient (Wildman–Crippen LogP) is 5.18. The van der Waals surface area contributed by atoms with E-state index < -0.39 is 5.25 Å². The minimum Gasteiger partial charge on any atom is -0.325 e. The Labute approximate surface area is 177 Å². The Bertz CT molecular complexity index is 1120. The standard InChI is InChI=1S/C20H22ClN3O2S2/c1-6-24-19(26)16-11(3)12(4)27-18(16)23-20(24)28-13(5)17(25)22-15-9-14(21)8-7-10(15)2/h7-9,13H,6H2,1-5H3,(H,22,25). The largest absolute Gasteiger partial charge is 0.325 e. The van der Waals surface area contributed by atoms with E-state index in [-0.39, 0.29) is 11.5 Å². The molecule has 0 bridgehead atoms. The Morgan fingerprint density at radius 1 is 1.36 bits per heavy atom. The zero-order valence-electron chi connectivity index (χ0n) is 16.4. The van der Waals surface area contributed by atoms with Crippen LogP contribution in [0.5, 0.6) is 0 Å². The topological polar surface area (TPSA) is 64.0 Å². The highest BCUT2D eigenvalue weighted by atomic mass is 35.5. The number of fused-ring (bicyclic) bond motifs is 1. The maximum atomic E-state index is 12.9. The molecule has 1 N–H and O–H groups in total. The lowest BCUT2D eigenvalue weighted by molar-refractivity contribution is -0.115. The second-order valence-corrected chi connectivity index (χ2v) is 9.56. The average molecular weight is 436 g/mol. The summed E-state index contributed by atoms with van der Waals surface area (Å²) in [6.07, 6.45) is 0. The molecule has 148 valence electrons. The van der Waals surface area contributed by atoms with Crippen LogP contribution in [-0.2, 0) is 11.3 Å². The van der Waals surface area contributed by atoms with Gasteiger partial charge in [0.25, 0.3) is 5.56 Å².